The summed E-state index contributed by atoms with van der Waals surface area (Å²) in [6, 6.07) is 0. The van der Waals surface area contributed by atoms with E-state index in [-0.39, 0.29) is 5.54 Å². The van der Waals surface area contributed by atoms with Crippen molar-refractivity contribution in [1.29, 1.82) is 0 Å². The summed E-state index contributed by atoms with van der Waals surface area (Å²) in [4.78, 5) is 4.55. The molecule has 0 saturated heterocycles. The molecule has 0 aliphatic heterocycles. The van der Waals surface area contributed by atoms with Crippen LogP contribution in [0.2, 0.25) is 0 Å². The second-order valence-corrected chi connectivity index (χ2v) is 7.69. The number of aryl methyl sites for hydroxylation is 1. The normalized spacial score (nSPS) is 13.1. The lowest BCUT2D eigenvalue weighted by atomic mass is 9.84. The van der Waals surface area contributed by atoms with Crippen LogP contribution in [0.25, 0.3) is 0 Å². The zero-order valence-electron chi connectivity index (χ0n) is 12.1. The molecule has 98 valence electrons. The number of nitrogens with zero attached hydrogens (tertiary/aromatic N) is 1. The minimum Gasteiger partial charge on any atom is -0.312 e. The van der Waals surface area contributed by atoms with Gasteiger partial charge in [0.1, 0.15) is 0 Å². The molecular formula is C14H26N2S. The van der Waals surface area contributed by atoms with E-state index in [9.17, 15) is 0 Å². The number of nitrogens with one attached hydrogen (secondary N) is 1. The molecule has 0 radical (unpaired) electrons. The van der Waals surface area contributed by atoms with E-state index in [1.165, 1.54) is 17.1 Å². The fourth-order valence-corrected chi connectivity index (χ4v) is 2.46. The molecule has 1 N–H and O–H groups in total. The van der Waals surface area contributed by atoms with Crippen LogP contribution >= 0.6 is 11.3 Å². The van der Waals surface area contributed by atoms with Gasteiger partial charge in [-0.3, -0.25) is 0 Å². The van der Waals surface area contributed by atoms with Crippen molar-refractivity contribution in [1.82, 2.24) is 10.3 Å². The molecule has 0 aliphatic carbocycles. The van der Waals surface area contributed by atoms with Crippen molar-refractivity contribution in [3.05, 3.63) is 16.1 Å². The van der Waals surface area contributed by atoms with Crippen LogP contribution in [0, 0.1) is 12.3 Å². The highest BCUT2D eigenvalue weighted by Gasteiger charge is 2.20. The van der Waals surface area contributed by atoms with E-state index in [1.807, 2.05) is 0 Å². The molecule has 0 aliphatic rings. The SMILES string of the molecule is Cc1nc(CC(C)(C)CCNC(C)(C)C)cs1. The molecule has 0 spiro atoms. The van der Waals surface area contributed by atoms with Gasteiger partial charge in [0.25, 0.3) is 0 Å². The molecule has 0 aromatic carbocycles. The Balaban J connectivity index is 2.41. The molecule has 0 fully saturated rings. The quantitative estimate of drug-likeness (QED) is 0.864. The Hall–Kier alpha value is -0.410. The Kier molecular flexibility index (Phi) is 4.73. The topological polar surface area (TPSA) is 24.9 Å². The molecule has 3 heteroatoms. The molecule has 1 rings (SSSR count). The highest BCUT2D eigenvalue weighted by molar-refractivity contribution is 7.09. The van der Waals surface area contributed by atoms with Crippen molar-refractivity contribution in [2.75, 3.05) is 6.54 Å². The largest absolute Gasteiger partial charge is 0.312 e. The molecule has 17 heavy (non-hydrogen) atoms. The van der Waals surface area contributed by atoms with Crippen molar-refractivity contribution in [3.8, 4) is 0 Å². The minimum atomic E-state index is 0.216. The third-order valence-electron chi connectivity index (χ3n) is 2.78. The van der Waals surface area contributed by atoms with Gasteiger partial charge >= 0.3 is 0 Å². The number of rotatable bonds is 5. The van der Waals surface area contributed by atoms with Gasteiger partial charge in [0.15, 0.2) is 0 Å². The van der Waals surface area contributed by atoms with Crippen molar-refractivity contribution in [2.24, 2.45) is 5.41 Å². The summed E-state index contributed by atoms with van der Waals surface area (Å²) in [5, 5.41) is 6.91. The minimum absolute atomic E-state index is 0.216. The Morgan fingerprint density at radius 1 is 1.24 bits per heavy atom. The van der Waals surface area contributed by atoms with E-state index in [0.717, 1.165) is 13.0 Å². The number of aromatic nitrogens is 1. The number of hydrogen-bond donors (Lipinski definition) is 1. The average Bonchev–Trinajstić information content (AvgIpc) is 2.47. The predicted octanol–water partition coefficient (Wildman–Crippen LogP) is 3.80. The average molecular weight is 254 g/mol. The van der Waals surface area contributed by atoms with Crippen LogP contribution in [-0.2, 0) is 6.42 Å². The van der Waals surface area contributed by atoms with Gasteiger partial charge in [-0.2, -0.15) is 0 Å². The standard InChI is InChI=1S/C14H26N2S/c1-11-16-12(10-17-11)9-14(5,6)7-8-15-13(2,3)4/h10,15H,7-9H2,1-6H3. The third-order valence-corrected chi connectivity index (χ3v) is 3.61. The van der Waals surface area contributed by atoms with Crippen LogP contribution in [-0.4, -0.2) is 17.1 Å². The summed E-state index contributed by atoms with van der Waals surface area (Å²) in [5.74, 6) is 0. The molecule has 0 atom stereocenters. The summed E-state index contributed by atoms with van der Waals surface area (Å²) in [5.41, 5.74) is 1.78. The van der Waals surface area contributed by atoms with E-state index in [0.29, 0.717) is 5.41 Å². The summed E-state index contributed by atoms with van der Waals surface area (Å²) < 4.78 is 0. The highest BCUT2D eigenvalue weighted by Crippen LogP contribution is 2.26. The summed E-state index contributed by atoms with van der Waals surface area (Å²) >= 11 is 1.75. The first-order valence-electron chi connectivity index (χ1n) is 6.34. The van der Waals surface area contributed by atoms with Crippen LogP contribution in [0.4, 0.5) is 0 Å². The van der Waals surface area contributed by atoms with Gasteiger partial charge in [-0.15, -0.1) is 11.3 Å². The maximum absolute atomic E-state index is 4.55. The molecule has 0 bridgehead atoms. The molecule has 1 heterocycles. The van der Waals surface area contributed by atoms with Crippen LogP contribution in [0.5, 0.6) is 0 Å². The summed E-state index contributed by atoms with van der Waals surface area (Å²) in [7, 11) is 0. The zero-order chi connectivity index (χ0) is 13.1. The molecule has 1 aromatic heterocycles. The third kappa shape index (κ3) is 6.18. The van der Waals surface area contributed by atoms with Gasteiger partial charge in [0, 0.05) is 10.9 Å². The highest BCUT2D eigenvalue weighted by atomic mass is 32.1. The monoisotopic (exact) mass is 254 g/mol. The van der Waals surface area contributed by atoms with Gasteiger partial charge in [0.2, 0.25) is 0 Å². The van der Waals surface area contributed by atoms with Crippen molar-refractivity contribution in [2.45, 2.75) is 59.9 Å². The molecule has 1 aromatic rings. The fraction of sp³-hybridized carbons (Fsp3) is 0.786. The first-order chi connectivity index (χ1) is 7.68. The summed E-state index contributed by atoms with van der Waals surface area (Å²) in [6.07, 6.45) is 2.25. The van der Waals surface area contributed by atoms with Crippen molar-refractivity contribution < 1.29 is 0 Å². The van der Waals surface area contributed by atoms with Crippen LogP contribution in [0.3, 0.4) is 0 Å². The van der Waals surface area contributed by atoms with E-state index in [2.05, 4.69) is 57.2 Å². The van der Waals surface area contributed by atoms with E-state index in [4.69, 9.17) is 0 Å². The number of hydrogen-bond acceptors (Lipinski definition) is 3. The lowest BCUT2D eigenvalue weighted by molar-refractivity contribution is 0.300. The van der Waals surface area contributed by atoms with Crippen molar-refractivity contribution >= 4 is 11.3 Å². The molecule has 0 saturated carbocycles. The van der Waals surface area contributed by atoms with Gasteiger partial charge in [-0.25, -0.2) is 4.98 Å². The van der Waals surface area contributed by atoms with Gasteiger partial charge < -0.3 is 5.32 Å². The first-order valence-corrected chi connectivity index (χ1v) is 7.22. The maximum Gasteiger partial charge on any atom is 0.0897 e. The van der Waals surface area contributed by atoms with Crippen LogP contribution < -0.4 is 5.32 Å². The Labute approximate surface area is 110 Å². The predicted molar refractivity (Wildman–Crippen MR) is 76.7 cm³/mol. The second-order valence-electron chi connectivity index (χ2n) is 6.63. The molecule has 0 amide bonds. The molecular weight excluding hydrogens is 228 g/mol. The van der Waals surface area contributed by atoms with E-state index < -0.39 is 0 Å². The maximum atomic E-state index is 4.55. The van der Waals surface area contributed by atoms with E-state index >= 15 is 0 Å². The van der Waals surface area contributed by atoms with Crippen molar-refractivity contribution in [3.63, 3.8) is 0 Å². The fourth-order valence-electron chi connectivity index (χ4n) is 1.84. The lowest BCUT2D eigenvalue weighted by Crippen LogP contribution is -2.38. The Morgan fingerprint density at radius 2 is 1.88 bits per heavy atom. The lowest BCUT2D eigenvalue weighted by Gasteiger charge is -2.27. The first kappa shape index (κ1) is 14.7. The van der Waals surface area contributed by atoms with Gasteiger partial charge in [0.05, 0.1) is 10.7 Å². The smallest absolute Gasteiger partial charge is 0.0897 e. The number of thiazole rings is 1. The van der Waals surface area contributed by atoms with Gasteiger partial charge in [-0.05, 0) is 52.5 Å². The van der Waals surface area contributed by atoms with Crippen LogP contribution in [0.15, 0.2) is 5.38 Å². The Bertz CT molecular complexity index is 347. The molecule has 2 nitrogen and oxygen atoms in total. The second kappa shape index (κ2) is 5.49. The Morgan fingerprint density at radius 3 is 2.35 bits per heavy atom. The zero-order valence-corrected chi connectivity index (χ0v) is 12.9. The summed E-state index contributed by atoms with van der Waals surface area (Å²) in [6.45, 7) is 14.4. The molecule has 0 unspecified atom stereocenters. The van der Waals surface area contributed by atoms with Crippen LogP contribution in [0.1, 0.15) is 51.7 Å². The van der Waals surface area contributed by atoms with Gasteiger partial charge in [-0.1, -0.05) is 13.8 Å². The van der Waals surface area contributed by atoms with E-state index in [1.54, 1.807) is 11.3 Å².